The van der Waals surface area contributed by atoms with Crippen LogP contribution in [0.3, 0.4) is 0 Å². The number of nitrogens with two attached hydrogens (primary N) is 1. The summed E-state index contributed by atoms with van der Waals surface area (Å²) in [5.41, 5.74) is 1.12. The number of aliphatic imine (C=N–C) groups is 1. The number of nitrogens with zero attached hydrogens (tertiary/aromatic N) is 2. The molecule has 0 radical (unpaired) electrons. The van der Waals surface area contributed by atoms with Gasteiger partial charge in [-0.05, 0) is 50.6 Å². The van der Waals surface area contributed by atoms with Crippen LogP contribution in [0.15, 0.2) is 41.5 Å². The Kier molecular flexibility index (Phi) is 5.68. The monoisotopic (exact) mass is 439 g/mol. The molecule has 6 nitrogen and oxygen atoms in total. The molecule has 10 heteroatoms. The molecule has 2 N–H and O–H groups in total. The fourth-order valence-electron chi connectivity index (χ4n) is 3.48. The van der Waals surface area contributed by atoms with Crippen LogP contribution in [0.1, 0.15) is 42.4 Å². The molecule has 166 valence electrons. The molecule has 0 amide bonds. The van der Waals surface area contributed by atoms with Crippen molar-refractivity contribution in [3.8, 4) is 5.75 Å². The third kappa shape index (κ3) is 3.94. The second kappa shape index (κ2) is 7.82. The van der Waals surface area contributed by atoms with Gasteiger partial charge in [-0.1, -0.05) is 6.07 Å². The van der Waals surface area contributed by atoms with Crippen molar-refractivity contribution in [1.82, 2.24) is 4.98 Å². The van der Waals surface area contributed by atoms with E-state index >= 15 is 8.78 Å². The summed E-state index contributed by atoms with van der Waals surface area (Å²) >= 11 is 0. The van der Waals surface area contributed by atoms with Crippen LogP contribution in [0.4, 0.5) is 17.6 Å². The first kappa shape index (κ1) is 22.5. The van der Waals surface area contributed by atoms with E-state index in [4.69, 9.17) is 10.5 Å². The number of benzene rings is 1. The molecule has 0 aliphatic carbocycles. The minimum absolute atomic E-state index is 0.0584. The molecule has 1 aromatic heterocycles. The average molecular weight is 439 g/mol. The predicted molar refractivity (Wildman–Crippen MR) is 104 cm³/mol. The van der Waals surface area contributed by atoms with E-state index in [1.165, 1.54) is 30.5 Å². The molecule has 1 atom stereocenters. The molecule has 0 saturated heterocycles. The first-order chi connectivity index (χ1) is 14.4. The van der Waals surface area contributed by atoms with Gasteiger partial charge in [-0.15, -0.1) is 0 Å². The molecule has 3 rings (SSSR count). The molecule has 31 heavy (non-hydrogen) atoms. The van der Waals surface area contributed by atoms with E-state index in [2.05, 4.69) is 14.7 Å². The van der Waals surface area contributed by atoms with Crippen molar-refractivity contribution >= 4 is 11.8 Å². The van der Waals surface area contributed by atoms with Gasteiger partial charge < -0.3 is 15.2 Å². The van der Waals surface area contributed by atoms with Gasteiger partial charge in [0.2, 0.25) is 6.86 Å². The zero-order chi connectivity index (χ0) is 23.0. The van der Waals surface area contributed by atoms with Crippen molar-refractivity contribution in [2.45, 2.75) is 44.3 Å². The molecule has 0 bridgehead atoms. The number of aromatic nitrogens is 1. The Hall–Kier alpha value is -3.17. The number of pyridine rings is 1. The quantitative estimate of drug-likeness (QED) is 0.545. The smallest absolute Gasteiger partial charge is 0.315 e. The average Bonchev–Trinajstić information content (AvgIpc) is 2.68. The normalized spacial score (nSPS) is 21.7. The predicted octanol–water partition coefficient (Wildman–Crippen LogP) is 3.93. The molecule has 1 aliphatic heterocycles. The van der Waals surface area contributed by atoms with Gasteiger partial charge in [0.05, 0.1) is 6.20 Å². The van der Waals surface area contributed by atoms with Crippen LogP contribution < -0.4 is 10.5 Å². The molecule has 0 unspecified atom stereocenters. The van der Waals surface area contributed by atoms with Crippen LogP contribution in [0.25, 0.3) is 0 Å². The minimum atomic E-state index is -3.62. The highest BCUT2D eigenvalue weighted by Gasteiger charge is 2.66. The van der Waals surface area contributed by atoms with Crippen molar-refractivity contribution in [3.05, 3.63) is 59.2 Å². The second-order valence-corrected chi connectivity index (χ2v) is 7.76. The van der Waals surface area contributed by atoms with Gasteiger partial charge >= 0.3 is 5.92 Å². The van der Waals surface area contributed by atoms with Gasteiger partial charge in [-0.2, -0.15) is 8.78 Å². The van der Waals surface area contributed by atoms with Gasteiger partial charge in [-0.25, -0.2) is 18.8 Å². The topological polar surface area (TPSA) is 86.8 Å². The Labute approximate surface area is 176 Å². The molecule has 2 aromatic rings. The summed E-state index contributed by atoms with van der Waals surface area (Å²) in [4.78, 5) is 20.2. The van der Waals surface area contributed by atoms with E-state index in [9.17, 15) is 13.6 Å². The van der Waals surface area contributed by atoms with Crippen molar-refractivity contribution in [3.63, 3.8) is 0 Å². The molecule has 0 fully saturated rings. The fourth-order valence-corrected chi connectivity index (χ4v) is 3.48. The van der Waals surface area contributed by atoms with Gasteiger partial charge in [0.15, 0.2) is 16.9 Å². The van der Waals surface area contributed by atoms with Crippen LogP contribution in [0.5, 0.6) is 5.75 Å². The highest BCUT2D eigenvalue weighted by atomic mass is 19.3. The number of ether oxygens (including phenoxy) is 2. The van der Waals surface area contributed by atoms with Crippen LogP contribution in [0.2, 0.25) is 0 Å². The maximum Gasteiger partial charge on any atom is 0.315 e. The first-order valence-corrected chi connectivity index (χ1v) is 9.30. The van der Waals surface area contributed by atoms with E-state index in [1.807, 2.05) is 0 Å². The molecular formula is C21H21F4N3O3. The van der Waals surface area contributed by atoms with Gasteiger partial charge in [0, 0.05) is 12.0 Å². The van der Waals surface area contributed by atoms with Crippen molar-refractivity contribution in [2.24, 2.45) is 10.7 Å². The number of carbonyl (C=O) groups is 1. The second-order valence-electron chi connectivity index (χ2n) is 7.76. The Morgan fingerprint density at radius 3 is 2.52 bits per heavy atom. The molecule has 1 aromatic carbocycles. The van der Waals surface area contributed by atoms with Crippen molar-refractivity contribution < 1.29 is 31.8 Å². The maximum atomic E-state index is 15.3. The van der Waals surface area contributed by atoms with Gasteiger partial charge in [0.25, 0.3) is 6.02 Å². The maximum absolute atomic E-state index is 15.3. The third-order valence-electron chi connectivity index (χ3n) is 5.22. The van der Waals surface area contributed by atoms with E-state index in [-0.39, 0.29) is 23.4 Å². The number of Topliss-reactive ketones (excluding diaryl/α,β-unsaturated/α-hetero) is 1. The Balaban J connectivity index is 1.95. The third-order valence-corrected chi connectivity index (χ3v) is 5.22. The number of rotatable bonds is 6. The van der Waals surface area contributed by atoms with E-state index in [0.717, 1.165) is 26.8 Å². The summed E-state index contributed by atoms with van der Waals surface area (Å²) in [7, 11) is 0. The standard InChI is InChI=1S/C21H21F4N3O3/c1-19(2)21(24,25)20(3,28-18(26)31-19)14-8-12(4-6-15(14)23)9-17(29)16-7-5-13(10-27-16)30-11-22/h4-8,10H,9,11H2,1-3H3,(H2,26,28)/t20-/m1/s1. The lowest BCUT2D eigenvalue weighted by Gasteiger charge is -2.46. The van der Waals surface area contributed by atoms with Crippen LogP contribution >= 0.6 is 0 Å². The first-order valence-electron chi connectivity index (χ1n) is 9.30. The zero-order valence-corrected chi connectivity index (χ0v) is 17.1. The summed E-state index contributed by atoms with van der Waals surface area (Å²) in [5.74, 6) is -4.84. The van der Waals surface area contributed by atoms with Gasteiger partial charge in [0.1, 0.15) is 17.3 Å². The Morgan fingerprint density at radius 2 is 1.90 bits per heavy atom. The lowest BCUT2D eigenvalue weighted by atomic mass is 9.76. The lowest BCUT2D eigenvalue weighted by Crippen LogP contribution is -2.62. The Bertz CT molecular complexity index is 1030. The van der Waals surface area contributed by atoms with E-state index in [0.29, 0.717) is 0 Å². The van der Waals surface area contributed by atoms with Crippen LogP contribution in [0, 0.1) is 5.82 Å². The molecular weight excluding hydrogens is 418 g/mol. The highest BCUT2D eigenvalue weighted by molar-refractivity contribution is 5.95. The highest BCUT2D eigenvalue weighted by Crippen LogP contribution is 2.51. The number of alkyl halides is 3. The number of carbonyl (C=O) groups excluding carboxylic acids is 1. The van der Waals surface area contributed by atoms with Crippen molar-refractivity contribution in [2.75, 3.05) is 6.86 Å². The Morgan fingerprint density at radius 1 is 1.19 bits per heavy atom. The summed E-state index contributed by atoms with van der Waals surface area (Å²) in [5, 5.41) is 0. The van der Waals surface area contributed by atoms with Crippen LogP contribution in [-0.2, 0) is 16.7 Å². The molecule has 1 aliphatic rings. The molecule has 2 heterocycles. The minimum Gasteiger partial charge on any atom is -0.461 e. The van der Waals surface area contributed by atoms with Gasteiger partial charge in [-0.3, -0.25) is 4.79 Å². The molecule has 0 saturated carbocycles. The summed E-state index contributed by atoms with van der Waals surface area (Å²) in [6.45, 7) is 2.31. The lowest BCUT2D eigenvalue weighted by molar-refractivity contribution is -0.207. The number of amidine groups is 1. The van der Waals surface area contributed by atoms with Crippen LogP contribution in [-0.4, -0.2) is 35.2 Å². The van der Waals surface area contributed by atoms with E-state index < -0.39 is 47.1 Å². The number of hydrogen-bond donors (Lipinski definition) is 1. The largest absolute Gasteiger partial charge is 0.461 e. The number of ketones is 1. The van der Waals surface area contributed by atoms with Crippen molar-refractivity contribution in [1.29, 1.82) is 0 Å². The molecule has 0 spiro atoms. The van der Waals surface area contributed by atoms with E-state index in [1.54, 1.807) is 0 Å². The SMILES string of the molecule is CC1(C)OC(N)=N[C@](C)(c2cc(CC(=O)c3ccc(OCF)cn3)ccc2F)C1(F)F. The fraction of sp³-hybridized carbons (Fsp3) is 0.381. The zero-order valence-electron chi connectivity index (χ0n) is 17.1. The number of hydrogen-bond acceptors (Lipinski definition) is 6. The summed E-state index contributed by atoms with van der Waals surface area (Å²) in [6, 6.07) is 5.72. The number of halogens is 4. The summed E-state index contributed by atoms with van der Waals surface area (Å²) in [6.07, 6.45) is 0.955. The summed E-state index contributed by atoms with van der Waals surface area (Å²) < 4.78 is 67.0.